The van der Waals surface area contributed by atoms with Crippen LogP contribution in [0.4, 0.5) is 11.4 Å². The topological polar surface area (TPSA) is 78.4 Å². The van der Waals surface area contributed by atoms with Crippen LogP contribution in [-0.4, -0.2) is 11.5 Å². The van der Waals surface area contributed by atoms with Crippen molar-refractivity contribution in [3.05, 3.63) is 28.3 Å². The molecule has 0 bridgehead atoms. The second-order valence-electron chi connectivity index (χ2n) is 2.47. The van der Waals surface area contributed by atoms with Crippen molar-refractivity contribution >= 4 is 11.4 Å². The van der Waals surface area contributed by atoms with Crippen LogP contribution >= 0.6 is 0 Å². The molecule has 72 valence electrons. The van der Waals surface area contributed by atoms with Crippen molar-refractivity contribution in [1.82, 2.24) is 0 Å². The summed E-state index contributed by atoms with van der Waals surface area (Å²) in [4.78, 5) is 9.88. The maximum Gasteiger partial charge on any atom is 0.273 e. The molecule has 0 aliphatic rings. The fourth-order valence-electron chi connectivity index (χ4n) is 0.881. The summed E-state index contributed by atoms with van der Waals surface area (Å²) < 4.78 is 5.01. The fourth-order valence-corrected chi connectivity index (χ4v) is 0.881. The number of nitro benzene ring substituents is 1. The van der Waals surface area contributed by atoms with Gasteiger partial charge in [-0.15, -0.1) is 6.42 Å². The Hall–Kier alpha value is -2.22. The molecule has 5 heteroatoms. The summed E-state index contributed by atoms with van der Waals surface area (Å²) in [6.45, 7) is 0.0331. The second-order valence-corrected chi connectivity index (χ2v) is 2.47. The van der Waals surface area contributed by atoms with Crippen LogP contribution in [0.25, 0.3) is 0 Å². The molecule has 0 amide bonds. The lowest BCUT2D eigenvalue weighted by atomic mass is 10.2. The van der Waals surface area contributed by atoms with E-state index in [-0.39, 0.29) is 18.0 Å². The smallest absolute Gasteiger partial charge is 0.273 e. The average molecular weight is 192 g/mol. The largest absolute Gasteiger partial charge is 0.479 e. The van der Waals surface area contributed by atoms with Gasteiger partial charge in [-0.3, -0.25) is 10.1 Å². The van der Waals surface area contributed by atoms with Gasteiger partial charge in [0.25, 0.3) is 5.69 Å². The molecule has 0 saturated carbocycles. The van der Waals surface area contributed by atoms with Crippen molar-refractivity contribution in [2.24, 2.45) is 0 Å². The number of ether oxygens (including phenoxy) is 1. The molecule has 0 atom stereocenters. The third-order valence-corrected chi connectivity index (χ3v) is 1.52. The van der Waals surface area contributed by atoms with Crippen LogP contribution in [0.1, 0.15) is 0 Å². The molecular formula is C9H8N2O3. The van der Waals surface area contributed by atoms with Gasteiger partial charge in [-0.1, -0.05) is 5.92 Å². The zero-order valence-electron chi connectivity index (χ0n) is 7.27. The van der Waals surface area contributed by atoms with Crippen molar-refractivity contribution in [2.75, 3.05) is 12.3 Å². The van der Waals surface area contributed by atoms with Gasteiger partial charge in [0.2, 0.25) is 0 Å². The minimum atomic E-state index is -0.526. The Morgan fingerprint density at radius 3 is 2.93 bits per heavy atom. The first-order valence-electron chi connectivity index (χ1n) is 3.75. The lowest BCUT2D eigenvalue weighted by Gasteiger charge is -2.04. The first-order chi connectivity index (χ1) is 6.65. The first-order valence-corrected chi connectivity index (χ1v) is 3.75. The van der Waals surface area contributed by atoms with E-state index in [1.165, 1.54) is 18.2 Å². The fraction of sp³-hybridized carbons (Fsp3) is 0.111. The molecular weight excluding hydrogens is 184 g/mol. The Bertz CT molecular complexity index is 396. The Labute approximate surface area is 80.6 Å². The first kappa shape index (κ1) is 9.86. The molecule has 0 heterocycles. The van der Waals surface area contributed by atoms with Gasteiger partial charge < -0.3 is 10.5 Å². The standard InChI is InChI=1S/C9H8N2O3/c1-2-5-14-9-6-7(11(12)13)3-4-8(9)10/h1,3-4,6H,5,10H2. The minimum absolute atomic E-state index is 0.0331. The van der Waals surface area contributed by atoms with E-state index in [9.17, 15) is 10.1 Å². The maximum atomic E-state index is 10.4. The van der Waals surface area contributed by atoms with Crippen molar-refractivity contribution in [2.45, 2.75) is 0 Å². The summed E-state index contributed by atoms with van der Waals surface area (Å²) in [6.07, 6.45) is 4.97. The molecule has 0 aromatic heterocycles. The van der Waals surface area contributed by atoms with Gasteiger partial charge in [0.05, 0.1) is 16.7 Å². The number of terminal acetylenes is 1. The number of nitrogens with two attached hydrogens (primary N) is 1. The summed E-state index contributed by atoms with van der Waals surface area (Å²) >= 11 is 0. The van der Waals surface area contributed by atoms with Crippen LogP contribution in [0.5, 0.6) is 5.75 Å². The van der Waals surface area contributed by atoms with E-state index in [4.69, 9.17) is 16.9 Å². The van der Waals surface area contributed by atoms with Gasteiger partial charge in [-0.05, 0) is 6.07 Å². The minimum Gasteiger partial charge on any atom is -0.479 e. The van der Waals surface area contributed by atoms with Gasteiger partial charge in [-0.25, -0.2) is 0 Å². The molecule has 14 heavy (non-hydrogen) atoms. The highest BCUT2D eigenvalue weighted by atomic mass is 16.6. The number of benzene rings is 1. The number of non-ortho nitro benzene ring substituents is 1. The van der Waals surface area contributed by atoms with Gasteiger partial charge in [-0.2, -0.15) is 0 Å². The van der Waals surface area contributed by atoms with Gasteiger partial charge in [0.1, 0.15) is 6.61 Å². The van der Waals surface area contributed by atoms with E-state index < -0.39 is 4.92 Å². The lowest BCUT2D eigenvalue weighted by Crippen LogP contribution is -1.99. The second kappa shape index (κ2) is 4.14. The highest BCUT2D eigenvalue weighted by Crippen LogP contribution is 2.26. The van der Waals surface area contributed by atoms with Gasteiger partial charge in [0, 0.05) is 6.07 Å². The number of nitrogen functional groups attached to an aromatic ring is 1. The molecule has 1 aromatic rings. The van der Waals surface area contributed by atoms with Crippen molar-refractivity contribution < 1.29 is 9.66 Å². The van der Waals surface area contributed by atoms with E-state index in [0.29, 0.717) is 5.69 Å². The van der Waals surface area contributed by atoms with E-state index in [1.54, 1.807) is 0 Å². The maximum absolute atomic E-state index is 10.4. The van der Waals surface area contributed by atoms with Crippen molar-refractivity contribution in [3.63, 3.8) is 0 Å². The molecule has 0 saturated heterocycles. The molecule has 0 fully saturated rings. The van der Waals surface area contributed by atoms with E-state index in [1.807, 2.05) is 0 Å². The molecule has 0 aliphatic carbocycles. The SMILES string of the molecule is C#CCOc1cc([N+](=O)[O-])ccc1N. The summed E-state index contributed by atoms with van der Waals surface area (Å²) in [5, 5.41) is 10.4. The Kier molecular flexibility index (Phi) is 2.92. The predicted octanol–water partition coefficient (Wildman–Crippen LogP) is 1.19. The molecule has 1 aromatic carbocycles. The summed E-state index contributed by atoms with van der Waals surface area (Å²) in [5.41, 5.74) is 5.76. The van der Waals surface area contributed by atoms with Crippen LogP contribution in [0, 0.1) is 22.5 Å². The molecule has 0 spiro atoms. The van der Waals surface area contributed by atoms with Gasteiger partial charge in [0.15, 0.2) is 5.75 Å². The number of hydrogen-bond donors (Lipinski definition) is 1. The highest BCUT2D eigenvalue weighted by Gasteiger charge is 2.09. The third-order valence-electron chi connectivity index (χ3n) is 1.52. The van der Waals surface area contributed by atoms with Crippen LogP contribution in [0.2, 0.25) is 0 Å². The Morgan fingerprint density at radius 1 is 1.64 bits per heavy atom. The molecule has 0 aliphatic heterocycles. The summed E-state index contributed by atoms with van der Waals surface area (Å²) in [6, 6.07) is 3.95. The van der Waals surface area contributed by atoms with Crippen LogP contribution in [0.3, 0.4) is 0 Å². The zero-order chi connectivity index (χ0) is 10.6. The molecule has 5 nitrogen and oxygen atoms in total. The van der Waals surface area contributed by atoms with Gasteiger partial charge >= 0.3 is 0 Å². The average Bonchev–Trinajstić information content (AvgIpc) is 2.16. The molecule has 0 unspecified atom stereocenters. The van der Waals surface area contributed by atoms with Crippen molar-refractivity contribution in [1.29, 1.82) is 0 Å². The monoisotopic (exact) mass is 192 g/mol. The normalized spacial score (nSPS) is 9.07. The molecule has 0 radical (unpaired) electrons. The third kappa shape index (κ3) is 2.14. The number of nitrogens with zero attached hydrogens (tertiary/aromatic N) is 1. The quantitative estimate of drug-likeness (QED) is 0.337. The highest BCUT2D eigenvalue weighted by molar-refractivity contribution is 5.57. The Balaban J connectivity index is 2.97. The number of anilines is 1. The molecule has 2 N–H and O–H groups in total. The molecule has 1 rings (SSSR count). The Morgan fingerprint density at radius 2 is 2.36 bits per heavy atom. The summed E-state index contributed by atoms with van der Waals surface area (Å²) in [7, 11) is 0. The number of nitro groups is 1. The van der Waals surface area contributed by atoms with E-state index in [0.717, 1.165) is 0 Å². The number of hydrogen-bond acceptors (Lipinski definition) is 4. The lowest BCUT2D eigenvalue weighted by molar-refractivity contribution is -0.384. The van der Waals surface area contributed by atoms with E-state index in [2.05, 4.69) is 5.92 Å². The zero-order valence-corrected chi connectivity index (χ0v) is 7.27. The van der Waals surface area contributed by atoms with Crippen molar-refractivity contribution in [3.8, 4) is 18.1 Å². The van der Waals surface area contributed by atoms with Crippen LogP contribution < -0.4 is 10.5 Å². The van der Waals surface area contributed by atoms with Crippen LogP contribution in [-0.2, 0) is 0 Å². The van der Waals surface area contributed by atoms with E-state index >= 15 is 0 Å². The summed E-state index contributed by atoms with van der Waals surface area (Å²) in [5.74, 6) is 2.48. The predicted molar refractivity (Wildman–Crippen MR) is 51.8 cm³/mol. The number of rotatable bonds is 3. The van der Waals surface area contributed by atoms with Crippen LogP contribution in [0.15, 0.2) is 18.2 Å².